The topological polar surface area (TPSA) is 55.8 Å². The Labute approximate surface area is 109 Å². The van der Waals surface area contributed by atoms with Crippen molar-refractivity contribution in [1.29, 1.82) is 0 Å². The Morgan fingerprint density at radius 3 is 2.76 bits per heavy atom. The standard InChI is InChI=1S/C12H15BrO4/c1-3-17-10(14)7-5-8-4-6-9(16-2)12(15)11(8)13/h4,6,15H,3,5,7H2,1-2H3. The van der Waals surface area contributed by atoms with Gasteiger partial charge in [0, 0.05) is 6.42 Å². The highest BCUT2D eigenvalue weighted by molar-refractivity contribution is 9.10. The molecule has 0 amide bonds. The number of ether oxygens (including phenoxy) is 2. The smallest absolute Gasteiger partial charge is 0.306 e. The number of methoxy groups -OCH3 is 1. The highest BCUT2D eigenvalue weighted by Crippen LogP contribution is 2.36. The molecule has 5 heteroatoms. The van der Waals surface area contributed by atoms with E-state index in [1.54, 1.807) is 13.0 Å². The second-order valence-electron chi connectivity index (χ2n) is 3.39. The molecule has 0 saturated carbocycles. The Morgan fingerprint density at radius 2 is 2.18 bits per heavy atom. The van der Waals surface area contributed by atoms with Crippen molar-refractivity contribution in [1.82, 2.24) is 0 Å². The van der Waals surface area contributed by atoms with E-state index in [0.29, 0.717) is 23.2 Å². The number of esters is 1. The number of hydrogen-bond acceptors (Lipinski definition) is 4. The maximum Gasteiger partial charge on any atom is 0.306 e. The lowest BCUT2D eigenvalue weighted by Crippen LogP contribution is -2.05. The minimum Gasteiger partial charge on any atom is -0.503 e. The van der Waals surface area contributed by atoms with E-state index in [9.17, 15) is 9.90 Å². The van der Waals surface area contributed by atoms with Crippen LogP contribution in [0.3, 0.4) is 0 Å². The number of aromatic hydroxyl groups is 1. The van der Waals surface area contributed by atoms with Gasteiger partial charge in [-0.1, -0.05) is 6.07 Å². The van der Waals surface area contributed by atoms with Crippen LogP contribution in [0, 0.1) is 0 Å². The van der Waals surface area contributed by atoms with Crippen LogP contribution in [-0.4, -0.2) is 24.8 Å². The van der Waals surface area contributed by atoms with Crippen molar-refractivity contribution >= 4 is 21.9 Å². The van der Waals surface area contributed by atoms with Gasteiger partial charge in [0.1, 0.15) is 0 Å². The largest absolute Gasteiger partial charge is 0.503 e. The van der Waals surface area contributed by atoms with E-state index >= 15 is 0 Å². The predicted molar refractivity (Wildman–Crippen MR) is 67.3 cm³/mol. The monoisotopic (exact) mass is 302 g/mol. The van der Waals surface area contributed by atoms with Crippen LogP contribution in [0.25, 0.3) is 0 Å². The van der Waals surface area contributed by atoms with Crippen LogP contribution in [0.4, 0.5) is 0 Å². The van der Waals surface area contributed by atoms with Crippen molar-refractivity contribution in [2.45, 2.75) is 19.8 Å². The first-order chi connectivity index (χ1) is 8.10. The maximum absolute atomic E-state index is 11.2. The molecular formula is C12H15BrO4. The van der Waals surface area contributed by atoms with Crippen LogP contribution in [0.15, 0.2) is 16.6 Å². The summed E-state index contributed by atoms with van der Waals surface area (Å²) in [7, 11) is 1.49. The third kappa shape index (κ3) is 3.63. The molecule has 1 aromatic rings. The number of phenolic OH excluding ortho intramolecular Hbond substituents is 1. The fourth-order valence-electron chi connectivity index (χ4n) is 1.42. The number of benzene rings is 1. The van der Waals surface area contributed by atoms with Gasteiger partial charge in [-0.15, -0.1) is 0 Å². The van der Waals surface area contributed by atoms with E-state index in [2.05, 4.69) is 15.9 Å². The molecule has 0 fully saturated rings. The summed E-state index contributed by atoms with van der Waals surface area (Å²) in [5, 5.41) is 9.76. The molecule has 1 aromatic carbocycles. The summed E-state index contributed by atoms with van der Waals surface area (Å²) in [6, 6.07) is 3.47. The number of rotatable bonds is 5. The number of aryl methyl sites for hydroxylation is 1. The second kappa shape index (κ2) is 6.49. The fraction of sp³-hybridized carbons (Fsp3) is 0.417. The van der Waals surface area contributed by atoms with Gasteiger partial charge in [0.15, 0.2) is 11.5 Å². The summed E-state index contributed by atoms with van der Waals surface area (Å²) in [6.45, 7) is 2.15. The third-order valence-corrected chi connectivity index (χ3v) is 3.17. The molecule has 0 atom stereocenters. The molecule has 1 N–H and O–H groups in total. The number of phenols is 1. The molecule has 0 unspecified atom stereocenters. The van der Waals surface area contributed by atoms with Gasteiger partial charge in [0.05, 0.1) is 18.2 Å². The average molecular weight is 303 g/mol. The Balaban J connectivity index is 2.73. The Morgan fingerprint density at radius 1 is 1.47 bits per heavy atom. The third-order valence-electron chi connectivity index (χ3n) is 2.28. The van der Waals surface area contributed by atoms with Crippen LogP contribution in [-0.2, 0) is 16.0 Å². The molecule has 17 heavy (non-hydrogen) atoms. The van der Waals surface area contributed by atoms with Gasteiger partial charge in [-0.3, -0.25) is 4.79 Å². The number of carbonyl (C=O) groups excluding carboxylic acids is 1. The highest BCUT2D eigenvalue weighted by Gasteiger charge is 2.12. The van der Waals surface area contributed by atoms with Crippen molar-refractivity contribution in [2.24, 2.45) is 0 Å². The summed E-state index contributed by atoms with van der Waals surface area (Å²) < 4.78 is 10.4. The van der Waals surface area contributed by atoms with E-state index < -0.39 is 0 Å². The molecule has 94 valence electrons. The molecule has 0 heterocycles. The molecule has 1 rings (SSSR count). The van der Waals surface area contributed by atoms with Gasteiger partial charge in [-0.25, -0.2) is 0 Å². The van der Waals surface area contributed by atoms with Gasteiger partial charge in [-0.05, 0) is 40.9 Å². The van der Waals surface area contributed by atoms with Crippen molar-refractivity contribution in [3.8, 4) is 11.5 Å². The molecule has 0 aliphatic rings. The molecule has 0 aromatic heterocycles. The molecule has 0 aliphatic heterocycles. The molecule has 0 bridgehead atoms. The van der Waals surface area contributed by atoms with E-state index in [1.807, 2.05) is 6.07 Å². The van der Waals surface area contributed by atoms with Crippen molar-refractivity contribution in [2.75, 3.05) is 13.7 Å². The summed E-state index contributed by atoms with van der Waals surface area (Å²) in [5.74, 6) is 0.209. The van der Waals surface area contributed by atoms with E-state index in [4.69, 9.17) is 9.47 Å². The zero-order chi connectivity index (χ0) is 12.8. The van der Waals surface area contributed by atoms with Crippen LogP contribution in [0.1, 0.15) is 18.9 Å². The van der Waals surface area contributed by atoms with Gasteiger partial charge in [0.2, 0.25) is 0 Å². The zero-order valence-electron chi connectivity index (χ0n) is 9.83. The number of halogens is 1. The Hall–Kier alpha value is -1.23. The zero-order valence-corrected chi connectivity index (χ0v) is 11.4. The van der Waals surface area contributed by atoms with E-state index in [0.717, 1.165) is 5.56 Å². The maximum atomic E-state index is 11.2. The van der Waals surface area contributed by atoms with Gasteiger partial charge in [0.25, 0.3) is 0 Å². The molecular weight excluding hydrogens is 288 g/mol. The lowest BCUT2D eigenvalue weighted by Gasteiger charge is -2.09. The Bertz CT molecular complexity index is 404. The summed E-state index contributed by atoms with van der Waals surface area (Å²) in [4.78, 5) is 11.2. The fourth-order valence-corrected chi connectivity index (χ4v) is 1.94. The SMILES string of the molecule is CCOC(=O)CCc1ccc(OC)c(O)c1Br. The predicted octanol–water partition coefficient (Wildman–Crippen LogP) is 2.66. The minimum absolute atomic E-state index is 0.0499. The van der Waals surface area contributed by atoms with Crippen LogP contribution >= 0.6 is 15.9 Å². The first kappa shape index (κ1) is 13.8. The van der Waals surface area contributed by atoms with Gasteiger partial charge in [-0.2, -0.15) is 0 Å². The molecule has 0 radical (unpaired) electrons. The Kier molecular flexibility index (Phi) is 5.28. The van der Waals surface area contributed by atoms with Crippen LogP contribution < -0.4 is 4.74 Å². The quantitative estimate of drug-likeness (QED) is 0.850. The molecule has 0 saturated heterocycles. The summed E-state index contributed by atoms with van der Waals surface area (Å²) >= 11 is 3.28. The number of hydrogen-bond donors (Lipinski definition) is 1. The minimum atomic E-state index is -0.241. The molecule has 0 spiro atoms. The lowest BCUT2D eigenvalue weighted by molar-refractivity contribution is -0.143. The lowest BCUT2D eigenvalue weighted by atomic mass is 10.1. The van der Waals surface area contributed by atoms with Gasteiger partial charge < -0.3 is 14.6 Å². The summed E-state index contributed by atoms with van der Waals surface area (Å²) in [5.41, 5.74) is 0.844. The van der Waals surface area contributed by atoms with E-state index in [-0.39, 0.29) is 18.1 Å². The van der Waals surface area contributed by atoms with Crippen LogP contribution in [0.2, 0.25) is 0 Å². The van der Waals surface area contributed by atoms with Crippen molar-refractivity contribution in [3.05, 3.63) is 22.2 Å². The van der Waals surface area contributed by atoms with Crippen molar-refractivity contribution < 1.29 is 19.4 Å². The average Bonchev–Trinajstić information content (AvgIpc) is 2.31. The normalized spacial score (nSPS) is 10.1. The second-order valence-corrected chi connectivity index (χ2v) is 4.19. The van der Waals surface area contributed by atoms with Gasteiger partial charge >= 0.3 is 5.97 Å². The first-order valence-electron chi connectivity index (χ1n) is 5.30. The first-order valence-corrected chi connectivity index (χ1v) is 6.09. The van der Waals surface area contributed by atoms with Crippen molar-refractivity contribution in [3.63, 3.8) is 0 Å². The summed E-state index contributed by atoms with van der Waals surface area (Å²) in [6.07, 6.45) is 0.801. The number of carbonyl (C=O) groups is 1. The van der Waals surface area contributed by atoms with Crippen LogP contribution in [0.5, 0.6) is 11.5 Å². The molecule has 4 nitrogen and oxygen atoms in total. The highest BCUT2D eigenvalue weighted by atomic mass is 79.9. The molecule has 0 aliphatic carbocycles. The van der Waals surface area contributed by atoms with E-state index in [1.165, 1.54) is 7.11 Å².